The van der Waals surface area contributed by atoms with Gasteiger partial charge in [0, 0.05) is 67.9 Å². The highest BCUT2D eigenvalue weighted by Crippen LogP contribution is 2.38. The number of hydrogen-bond acceptors (Lipinski definition) is 6. The van der Waals surface area contributed by atoms with Crippen LogP contribution in [0, 0.1) is 0 Å². The fourth-order valence-electron chi connectivity index (χ4n) is 4.82. The number of carbonyl (C=O) groups is 1. The van der Waals surface area contributed by atoms with Crippen LogP contribution >= 0.6 is 11.3 Å². The zero-order chi connectivity index (χ0) is 23.2. The van der Waals surface area contributed by atoms with Crippen molar-refractivity contribution in [2.24, 2.45) is 0 Å². The molecule has 1 amide bonds. The second-order valence-electron chi connectivity index (χ2n) is 9.15. The molecular weight excluding hydrogens is 451 g/mol. The van der Waals surface area contributed by atoms with Gasteiger partial charge in [-0.05, 0) is 31.0 Å². The second-order valence-corrected chi connectivity index (χ2v) is 10.2. The molecule has 1 aromatic heterocycles. The van der Waals surface area contributed by atoms with Crippen molar-refractivity contribution in [2.75, 3.05) is 45.0 Å². The van der Waals surface area contributed by atoms with Crippen molar-refractivity contribution < 1.29 is 18.0 Å². The molecule has 0 atom stereocenters. The van der Waals surface area contributed by atoms with Gasteiger partial charge in [-0.3, -0.25) is 14.6 Å². The van der Waals surface area contributed by atoms with Crippen molar-refractivity contribution in [1.29, 1.82) is 0 Å². The van der Waals surface area contributed by atoms with E-state index < -0.39 is 11.7 Å². The van der Waals surface area contributed by atoms with Crippen LogP contribution in [0.2, 0.25) is 0 Å². The van der Waals surface area contributed by atoms with Gasteiger partial charge in [0.05, 0.1) is 17.8 Å². The van der Waals surface area contributed by atoms with Crippen LogP contribution in [0.15, 0.2) is 18.2 Å². The summed E-state index contributed by atoms with van der Waals surface area (Å²) in [6.07, 6.45) is 0.0819. The van der Waals surface area contributed by atoms with E-state index in [1.165, 1.54) is 36.7 Å². The van der Waals surface area contributed by atoms with Crippen molar-refractivity contribution in [3.8, 4) is 10.6 Å². The van der Waals surface area contributed by atoms with Crippen LogP contribution in [-0.2, 0) is 23.9 Å². The summed E-state index contributed by atoms with van der Waals surface area (Å²) in [7, 11) is 0. The predicted octanol–water partition coefficient (Wildman–Crippen LogP) is 3.47. The summed E-state index contributed by atoms with van der Waals surface area (Å²) in [5, 5.41) is 0.561. The summed E-state index contributed by atoms with van der Waals surface area (Å²) >= 11 is 1.40. The van der Waals surface area contributed by atoms with Crippen LogP contribution in [0.1, 0.15) is 35.4 Å². The van der Waals surface area contributed by atoms with Gasteiger partial charge in [-0.2, -0.15) is 13.2 Å². The van der Waals surface area contributed by atoms with Crippen molar-refractivity contribution in [3.05, 3.63) is 34.3 Å². The fourth-order valence-corrected chi connectivity index (χ4v) is 5.97. The molecule has 1 aromatic carbocycles. The van der Waals surface area contributed by atoms with Crippen LogP contribution in [-0.4, -0.2) is 70.9 Å². The Morgan fingerprint density at radius 3 is 2.58 bits per heavy atom. The first kappa shape index (κ1) is 22.6. The Bertz CT molecular complexity index is 1030. The lowest BCUT2D eigenvalue weighted by molar-refractivity contribution is -0.137. The molecule has 6 nitrogen and oxygen atoms in total. The lowest BCUT2D eigenvalue weighted by Gasteiger charge is -2.43. The quantitative estimate of drug-likeness (QED) is 0.681. The van der Waals surface area contributed by atoms with E-state index in [1.807, 2.05) is 4.90 Å². The topological polar surface area (TPSA) is 65.7 Å². The first-order chi connectivity index (χ1) is 15.8. The zero-order valence-electron chi connectivity index (χ0n) is 18.4. The first-order valence-corrected chi connectivity index (χ1v) is 12.3. The minimum atomic E-state index is -4.50. The molecule has 1 aliphatic carbocycles. The number of rotatable bonds is 4. The maximum Gasteiger partial charge on any atom is 0.418 e. The molecule has 3 aliphatic rings. The molecule has 33 heavy (non-hydrogen) atoms. The average Bonchev–Trinajstić information content (AvgIpc) is 3.16. The van der Waals surface area contributed by atoms with Gasteiger partial charge in [-0.25, -0.2) is 4.98 Å². The molecular formula is C23H28F3N5OS. The number of amides is 1. The number of carbonyl (C=O) groups excluding carboxylic acids is 1. The number of halogens is 3. The fraction of sp³-hybridized carbons (Fsp3) is 0.565. The summed E-state index contributed by atoms with van der Waals surface area (Å²) in [5.74, 6) is 0.157. The number of nitrogens with zero attached hydrogens (tertiary/aromatic N) is 4. The smallest absolute Gasteiger partial charge is 0.398 e. The summed E-state index contributed by atoms with van der Waals surface area (Å²) in [4.78, 5) is 25.1. The van der Waals surface area contributed by atoms with Gasteiger partial charge in [0.2, 0.25) is 5.91 Å². The number of thiazole rings is 1. The number of fused-ring (bicyclic) bond motifs is 1. The van der Waals surface area contributed by atoms with E-state index in [9.17, 15) is 18.0 Å². The van der Waals surface area contributed by atoms with Crippen LogP contribution in [0.4, 0.5) is 18.9 Å². The number of aromatic nitrogens is 1. The Hall–Kier alpha value is -2.17. The number of hydrogen-bond donors (Lipinski definition) is 1. The maximum absolute atomic E-state index is 13.2. The zero-order valence-corrected chi connectivity index (χ0v) is 19.2. The standard InChI is InChI=1S/C23H28F3N5OS/c24-23(25,26)17-12-15(4-5-18(17)27)22-28-19-6-7-29(13-20(19)33-22)14-21(32)31-10-8-30(9-11-31)16-2-1-3-16/h4-5,12,16H,1-3,6-11,13-14,27H2. The summed E-state index contributed by atoms with van der Waals surface area (Å²) in [6, 6.07) is 4.66. The molecule has 3 heterocycles. The molecule has 2 aromatic rings. The molecule has 0 bridgehead atoms. The molecule has 0 spiro atoms. The highest BCUT2D eigenvalue weighted by Gasteiger charge is 2.34. The Morgan fingerprint density at radius 1 is 1.15 bits per heavy atom. The van der Waals surface area contributed by atoms with Crippen LogP contribution in [0.25, 0.3) is 10.6 Å². The Labute approximate surface area is 195 Å². The number of alkyl halides is 3. The molecule has 2 fully saturated rings. The molecule has 0 radical (unpaired) electrons. The van der Waals surface area contributed by atoms with Crippen molar-refractivity contribution in [3.63, 3.8) is 0 Å². The third-order valence-corrected chi connectivity index (χ3v) is 8.16. The van der Waals surface area contributed by atoms with E-state index in [1.54, 1.807) is 6.07 Å². The van der Waals surface area contributed by atoms with Crippen molar-refractivity contribution in [1.82, 2.24) is 19.7 Å². The lowest BCUT2D eigenvalue weighted by Crippen LogP contribution is -2.55. The van der Waals surface area contributed by atoms with Gasteiger partial charge in [-0.1, -0.05) is 6.42 Å². The van der Waals surface area contributed by atoms with Gasteiger partial charge >= 0.3 is 6.18 Å². The molecule has 5 rings (SSSR count). The first-order valence-electron chi connectivity index (χ1n) is 11.5. The van der Waals surface area contributed by atoms with Gasteiger partial charge in [0.15, 0.2) is 0 Å². The van der Waals surface area contributed by atoms with Crippen molar-refractivity contribution >= 4 is 22.9 Å². The van der Waals surface area contributed by atoms with Gasteiger partial charge in [0.25, 0.3) is 0 Å². The molecule has 0 unspecified atom stereocenters. The number of anilines is 1. The van der Waals surface area contributed by atoms with Gasteiger partial charge < -0.3 is 10.6 Å². The predicted molar refractivity (Wildman–Crippen MR) is 122 cm³/mol. The van der Waals surface area contributed by atoms with Gasteiger partial charge in [-0.15, -0.1) is 11.3 Å². The average molecular weight is 480 g/mol. The highest BCUT2D eigenvalue weighted by molar-refractivity contribution is 7.15. The van der Waals surface area contributed by atoms with Crippen LogP contribution < -0.4 is 5.73 Å². The number of nitrogen functional groups attached to an aromatic ring is 1. The highest BCUT2D eigenvalue weighted by atomic mass is 32.1. The minimum Gasteiger partial charge on any atom is -0.398 e. The van der Waals surface area contributed by atoms with E-state index >= 15 is 0 Å². The van der Waals surface area contributed by atoms with E-state index in [2.05, 4.69) is 14.8 Å². The Balaban J connectivity index is 1.21. The van der Waals surface area contributed by atoms with E-state index in [-0.39, 0.29) is 11.6 Å². The number of nitrogens with two attached hydrogens (primary N) is 1. The van der Waals surface area contributed by atoms with E-state index in [0.29, 0.717) is 30.1 Å². The van der Waals surface area contributed by atoms with Gasteiger partial charge in [0.1, 0.15) is 5.01 Å². The van der Waals surface area contributed by atoms with Crippen LogP contribution in [0.3, 0.4) is 0 Å². The molecule has 10 heteroatoms. The summed E-state index contributed by atoms with van der Waals surface area (Å²) in [5.41, 5.74) is 5.74. The lowest BCUT2D eigenvalue weighted by atomic mass is 9.91. The largest absolute Gasteiger partial charge is 0.418 e. The Morgan fingerprint density at radius 2 is 1.91 bits per heavy atom. The van der Waals surface area contributed by atoms with E-state index in [4.69, 9.17) is 5.73 Å². The second kappa shape index (κ2) is 8.88. The molecule has 2 aliphatic heterocycles. The molecule has 1 saturated heterocycles. The normalized spacial score (nSPS) is 20.5. The molecule has 2 N–H and O–H groups in total. The van der Waals surface area contributed by atoms with E-state index in [0.717, 1.165) is 55.4 Å². The number of piperazine rings is 1. The summed E-state index contributed by atoms with van der Waals surface area (Å²) < 4.78 is 39.7. The third-order valence-electron chi connectivity index (χ3n) is 7.03. The SMILES string of the molecule is Nc1ccc(-c2nc3c(s2)CN(CC(=O)N2CCN(C4CCC4)CC2)CC3)cc1C(F)(F)F. The minimum absolute atomic E-state index is 0.157. The number of benzene rings is 1. The molecule has 1 saturated carbocycles. The monoisotopic (exact) mass is 479 g/mol. The maximum atomic E-state index is 13.2. The Kier molecular flexibility index (Phi) is 6.09. The third kappa shape index (κ3) is 4.74. The van der Waals surface area contributed by atoms with Crippen molar-refractivity contribution in [2.45, 2.75) is 44.4 Å². The molecule has 178 valence electrons. The van der Waals surface area contributed by atoms with Crippen LogP contribution in [0.5, 0.6) is 0 Å². The summed E-state index contributed by atoms with van der Waals surface area (Å²) in [6.45, 7) is 5.19.